The summed E-state index contributed by atoms with van der Waals surface area (Å²) in [6, 6.07) is 0. The Morgan fingerprint density at radius 3 is 1.60 bits per heavy atom. The van der Waals surface area contributed by atoms with E-state index in [4.69, 9.17) is 11.1 Å². The summed E-state index contributed by atoms with van der Waals surface area (Å²) in [6.07, 6.45) is 0. The molecule has 10 heavy (non-hydrogen) atoms. The highest BCUT2D eigenvalue weighted by molar-refractivity contribution is 6.63. The Balaban J connectivity index is 4.72. The molecule has 0 aromatic rings. The lowest BCUT2D eigenvalue weighted by Gasteiger charge is -1.75. The highest BCUT2D eigenvalue weighted by Gasteiger charge is 2.23. The molecule has 5 heteroatoms. The van der Waals surface area contributed by atoms with Crippen LogP contribution in [0.15, 0.2) is 0 Å². The number of nitrogens with zero attached hydrogens (tertiary/aromatic N) is 4. The van der Waals surface area contributed by atoms with Crippen molar-refractivity contribution in [1.29, 1.82) is 0 Å². The number of rotatable bonds is 2. The number of carbonyl (C=O) groups is 1. The molecule has 0 amide bonds. The molecule has 0 aromatic carbocycles. The normalized spacial score (nSPS) is 7.40. The average molecular weight is 138 g/mol. The zero-order valence-electron chi connectivity index (χ0n) is 5.70. The van der Waals surface area contributed by atoms with E-state index in [-0.39, 0.29) is 11.4 Å². The van der Waals surface area contributed by atoms with Gasteiger partial charge in [0, 0.05) is 13.8 Å². The van der Waals surface area contributed by atoms with Crippen molar-refractivity contribution in [3.63, 3.8) is 0 Å². The molecule has 0 saturated carbocycles. The summed E-state index contributed by atoms with van der Waals surface area (Å²) in [4.78, 5) is 16.0. The Labute approximate surface area is 57.5 Å². The van der Waals surface area contributed by atoms with E-state index < -0.39 is 5.78 Å². The molecule has 0 fully saturated rings. The molecular formula is C5H6N4O. The van der Waals surface area contributed by atoms with E-state index in [1.165, 1.54) is 13.8 Å². The van der Waals surface area contributed by atoms with Crippen LogP contribution in [-0.4, -0.2) is 26.8 Å². The van der Waals surface area contributed by atoms with E-state index in [0.717, 1.165) is 0 Å². The van der Waals surface area contributed by atoms with Crippen LogP contribution in [0.4, 0.5) is 0 Å². The maximum absolute atomic E-state index is 10.7. The van der Waals surface area contributed by atoms with Crippen LogP contribution in [0.1, 0.15) is 13.8 Å². The Kier molecular flexibility index (Phi) is 2.91. The van der Waals surface area contributed by atoms with Crippen molar-refractivity contribution < 1.29 is 14.4 Å². The van der Waals surface area contributed by atoms with E-state index >= 15 is 0 Å². The molecule has 0 radical (unpaired) electrons. The van der Waals surface area contributed by atoms with Crippen LogP contribution in [0.2, 0.25) is 0 Å². The SMILES string of the molecule is CC(=[N+]=[N-])C(=O)C(C)=[N+]=[N-]. The molecule has 0 aromatic heterocycles. The van der Waals surface area contributed by atoms with E-state index in [1.54, 1.807) is 0 Å². The fraction of sp³-hybridized carbons (Fsp3) is 0.400. The summed E-state index contributed by atoms with van der Waals surface area (Å²) >= 11 is 0. The van der Waals surface area contributed by atoms with Gasteiger partial charge in [0.05, 0.1) is 0 Å². The molecule has 0 aliphatic rings. The molecule has 0 N–H and O–H groups in total. The molecule has 0 rings (SSSR count). The van der Waals surface area contributed by atoms with Crippen LogP contribution in [0.5, 0.6) is 0 Å². The molecule has 0 saturated heterocycles. The van der Waals surface area contributed by atoms with Crippen LogP contribution >= 0.6 is 0 Å². The molecule has 5 nitrogen and oxygen atoms in total. The second-order valence-corrected chi connectivity index (χ2v) is 1.70. The van der Waals surface area contributed by atoms with Gasteiger partial charge in [0.1, 0.15) is 0 Å². The van der Waals surface area contributed by atoms with Gasteiger partial charge in [-0.1, -0.05) is 0 Å². The summed E-state index contributed by atoms with van der Waals surface area (Å²) in [5, 5.41) is 0. The minimum absolute atomic E-state index is 0.102. The molecule has 0 atom stereocenters. The maximum atomic E-state index is 10.7. The topological polar surface area (TPSA) is 89.9 Å². The number of Topliss-reactive ketones (excluding diaryl/α,β-unsaturated/α-hetero) is 1. The summed E-state index contributed by atoms with van der Waals surface area (Å²) in [6.45, 7) is 2.63. The lowest BCUT2D eigenvalue weighted by molar-refractivity contribution is -0.115. The first kappa shape index (κ1) is 8.43. The highest BCUT2D eigenvalue weighted by Crippen LogP contribution is 1.76. The zero-order valence-corrected chi connectivity index (χ0v) is 5.70. The van der Waals surface area contributed by atoms with Crippen LogP contribution in [0.25, 0.3) is 11.1 Å². The third-order valence-corrected chi connectivity index (χ3v) is 0.957. The second-order valence-electron chi connectivity index (χ2n) is 1.70. The van der Waals surface area contributed by atoms with Gasteiger partial charge in [0.15, 0.2) is 0 Å². The van der Waals surface area contributed by atoms with Gasteiger partial charge >= 0.3 is 17.2 Å². The first-order valence-corrected chi connectivity index (χ1v) is 2.55. The maximum Gasteiger partial charge on any atom is 0.345 e. The Morgan fingerprint density at radius 1 is 1.10 bits per heavy atom. The number of hydrogen-bond acceptors (Lipinski definition) is 1. The number of carbonyl (C=O) groups excluding carboxylic acids is 1. The van der Waals surface area contributed by atoms with Gasteiger partial charge < -0.3 is 11.1 Å². The molecule has 0 aliphatic carbocycles. The fourth-order valence-electron chi connectivity index (χ4n) is 0.353. The van der Waals surface area contributed by atoms with Gasteiger partial charge in [-0.2, -0.15) is 9.58 Å². The van der Waals surface area contributed by atoms with Crippen LogP contribution in [0, 0.1) is 0 Å². The third-order valence-electron chi connectivity index (χ3n) is 0.957. The largest absolute Gasteiger partial charge is 0.361 e. The molecule has 0 aliphatic heterocycles. The lowest BCUT2D eigenvalue weighted by atomic mass is 10.2. The average Bonchev–Trinajstić information content (AvgIpc) is 2.00. The number of ketones is 1. The molecular weight excluding hydrogens is 132 g/mol. The van der Waals surface area contributed by atoms with E-state index in [0.29, 0.717) is 0 Å². The van der Waals surface area contributed by atoms with Crippen LogP contribution in [0.3, 0.4) is 0 Å². The van der Waals surface area contributed by atoms with E-state index in [2.05, 4.69) is 9.58 Å². The van der Waals surface area contributed by atoms with Gasteiger partial charge in [0.25, 0.3) is 0 Å². The molecule has 0 spiro atoms. The van der Waals surface area contributed by atoms with E-state index in [9.17, 15) is 4.79 Å². The quantitative estimate of drug-likeness (QED) is 0.298. The van der Waals surface area contributed by atoms with Gasteiger partial charge in [-0.15, -0.1) is 0 Å². The fourth-order valence-corrected chi connectivity index (χ4v) is 0.353. The third kappa shape index (κ3) is 1.74. The predicted molar refractivity (Wildman–Crippen MR) is 33.6 cm³/mol. The highest BCUT2D eigenvalue weighted by atomic mass is 16.1. The Morgan fingerprint density at radius 2 is 1.40 bits per heavy atom. The van der Waals surface area contributed by atoms with Gasteiger partial charge in [-0.05, 0) is 0 Å². The van der Waals surface area contributed by atoms with Crippen molar-refractivity contribution in [2.75, 3.05) is 0 Å². The lowest BCUT2D eigenvalue weighted by Crippen LogP contribution is -2.20. The Bertz CT molecular complexity index is 229. The summed E-state index contributed by atoms with van der Waals surface area (Å²) < 4.78 is 0. The second kappa shape index (κ2) is 3.45. The van der Waals surface area contributed by atoms with Gasteiger partial charge in [-0.3, -0.25) is 4.79 Å². The minimum Gasteiger partial charge on any atom is -0.361 e. The molecule has 52 valence electrons. The minimum atomic E-state index is -0.579. The van der Waals surface area contributed by atoms with Crippen molar-refractivity contribution >= 4 is 17.2 Å². The standard InChI is InChI=1S/C5H6N4O/c1-3(8-6)5(10)4(2)9-7/h1-2H3. The van der Waals surface area contributed by atoms with Crippen LogP contribution < -0.4 is 0 Å². The molecule has 0 bridgehead atoms. The zero-order chi connectivity index (χ0) is 8.15. The van der Waals surface area contributed by atoms with Crippen molar-refractivity contribution in [2.45, 2.75) is 13.8 Å². The summed E-state index contributed by atoms with van der Waals surface area (Å²) in [7, 11) is 0. The predicted octanol–water partition coefficient (Wildman–Crippen LogP) is -0.0631. The van der Waals surface area contributed by atoms with Gasteiger partial charge in [-0.25, -0.2) is 0 Å². The smallest absolute Gasteiger partial charge is 0.345 e. The van der Waals surface area contributed by atoms with E-state index in [1.807, 2.05) is 0 Å². The first-order chi connectivity index (χ1) is 4.63. The molecule has 0 heterocycles. The van der Waals surface area contributed by atoms with Crippen molar-refractivity contribution in [3.05, 3.63) is 11.1 Å². The Hall–Kier alpha value is -1.57. The summed E-state index contributed by atoms with van der Waals surface area (Å²) in [5.74, 6) is -0.579. The van der Waals surface area contributed by atoms with Crippen LogP contribution in [-0.2, 0) is 4.79 Å². The van der Waals surface area contributed by atoms with Crippen molar-refractivity contribution in [1.82, 2.24) is 0 Å². The number of hydrogen-bond donors (Lipinski definition) is 0. The van der Waals surface area contributed by atoms with Crippen molar-refractivity contribution in [3.8, 4) is 0 Å². The van der Waals surface area contributed by atoms with Crippen molar-refractivity contribution in [2.24, 2.45) is 0 Å². The monoisotopic (exact) mass is 138 g/mol. The molecule has 0 unspecified atom stereocenters. The van der Waals surface area contributed by atoms with Gasteiger partial charge in [0.2, 0.25) is 0 Å². The summed E-state index contributed by atoms with van der Waals surface area (Å²) in [5.41, 5.74) is 16.0. The first-order valence-electron chi connectivity index (χ1n) is 2.55.